The molecule has 16 heavy (non-hydrogen) atoms. The van der Waals surface area contributed by atoms with Crippen molar-refractivity contribution in [3.63, 3.8) is 0 Å². The van der Waals surface area contributed by atoms with Crippen molar-refractivity contribution in [2.75, 3.05) is 19.6 Å². The van der Waals surface area contributed by atoms with Gasteiger partial charge in [0.05, 0.1) is 5.92 Å². The highest BCUT2D eigenvalue weighted by atomic mass is 16.4. The number of carboxylic acid groups (broad SMARTS) is 1. The number of rotatable bonds is 3. The van der Waals surface area contributed by atoms with Gasteiger partial charge < -0.3 is 10.0 Å². The average Bonchev–Trinajstić information content (AvgIpc) is 2.35. The molecule has 3 nitrogen and oxygen atoms in total. The number of likely N-dealkylation sites (tertiary alicyclic amines) is 1. The van der Waals surface area contributed by atoms with Gasteiger partial charge in [0.15, 0.2) is 0 Å². The van der Waals surface area contributed by atoms with Crippen molar-refractivity contribution < 1.29 is 9.90 Å². The summed E-state index contributed by atoms with van der Waals surface area (Å²) in [5.41, 5.74) is 0. The maximum Gasteiger partial charge on any atom is 0.306 e. The number of carbonyl (C=O) groups is 1. The third kappa shape index (κ3) is 7.69. The molecule has 1 rings (SSSR count). The summed E-state index contributed by atoms with van der Waals surface area (Å²) >= 11 is 0. The molecule has 0 radical (unpaired) electrons. The number of aliphatic carboxylic acids is 1. The molecule has 0 aromatic carbocycles. The van der Waals surface area contributed by atoms with Gasteiger partial charge in [-0.05, 0) is 38.9 Å². The highest BCUT2D eigenvalue weighted by Gasteiger charge is 2.23. The van der Waals surface area contributed by atoms with Gasteiger partial charge in [0.25, 0.3) is 0 Å². The Labute approximate surface area is 101 Å². The van der Waals surface area contributed by atoms with Crippen LogP contribution < -0.4 is 0 Å². The van der Waals surface area contributed by atoms with Crippen LogP contribution in [0, 0.1) is 5.92 Å². The van der Waals surface area contributed by atoms with Crippen LogP contribution in [0.15, 0.2) is 0 Å². The topological polar surface area (TPSA) is 40.5 Å². The fourth-order valence-corrected chi connectivity index (χ4v) is 1.72. The van der Waals surface area contributed by atoms with E-state index in [1.807, 2.05) is 27.7 Å². The van der Waals surface area contributed by atoms with Crippen molar-refractivity contribution in [2.24, 2.45) is 5.92 Å². The smallest absolute Gasteiger partial charge is 0.306 e. The van der Waals surface area contributed by atoms with Crippen molar-refractivity contribution in [3.05, 3.63) is 0 Å². The summed E-state index contributed by atoms with van der Waals surface area (Å²) in [6, 6.07) is 0. The normalized spacial score (nSPS) is 16.6. The zero-order chi connectivity index (χ0) is 13.0. The molecule has 0 saturated carbocycles. The molecule has 1 heterocycles. The molecule has 0 spiro atoms. The van der Waals surface area contributed by atoms with Crippen LogP contribution in [0.5, 0.6) is 0 Å². The number of nitrogens with zero attached hydrogens (tertiary/aromatic N) is 1. The van der Waals surface area contributed by atoms with Crippen LogP contribution in [-0.4, -0.2) is 35.6 Å². The molecule has 1 N–H and O–H groups in total. The maximum atomic E-state index is 10.6. The molecule has 0 aromatic heterocycles. The van der Waals surface area contributed by atoms with Crippen LogP contribution in [0.25, 0.3) is 0 Å². The molecule has 0 amide bonds. The van der Waals surface area contributed by atoms with E-state index < -0.39 is 5.97 Å². The summed E-state index contributed by atoms with van der Waals surface area (Å²) in [6.45, 7) is 13.2. The van der Waals surface area contributed by atoms with E-state index in [1.54, 1.807) is 0 Å². The predicted octanol–water partition coefficient (Wildman–Crippen LogP) is 3.25. The van der Waals surface area contributed by atoms with E-state index in [9.17, 15) is 4.79 Å². The summed E-state index contributed by atoms with van der Waals surface area (Å²) in [6.07, 6.45) is 2.82. The Morgan fingerprint density at radius 2 is 1.62 bits per heavy atom. The van der Waals surface area contributed by atoms with Crippen molar-refractivity contribution in [1.82, 2.24) is 4.90 Å². The second kappa shape index (κ2) is 12.5. The van der Waals surface area contributed by atoms with Gasteiger partial charge in [-0.3, -0.25) is 4.79 Å². The number of piperidine rings is 1. The minimum atomic E-state index is -0.619. The Bertz CT molecular complexity index is 152. The molecule has 98 valence electrons. The third-order valence-electron chi connectivity index (χ3n) is 2.48. The lowest BCUT2D eigenvalue weighted by atomic mass is 9.97. The van der Waals surface area contributed by atoms with Crippen LogP contribution >= 0.6 is 0 Å². The van der Waals surface area contributed by atoms with Crippen LogP contribution in [0.3, 0.4) is 0 Å². The van der Waals surface area contributed by atoms with E-state index in [0.717, 1.165) is 38.9 Å². The quantitative estimate of drug-likeness (QED) is 0.810. The van der Waals surface area contributed by atoms with Crippen molar-refractivity contribution in [1.29, 1.82) is 0 Å². The first-order valence-corrected chi connectivity index (χ1v) is 6.69. The molecular weight excluding hydrogens is 202 g/mol. The first kappa shape index (κ1) is 17.8. The van der Waals surface area contributed by atoms with Gasteiger partial charge in [0, 0.05) is 0 Å². The van der Waals surface area contributed by atoms with Gasteiger partial charge in [-0.15, -0.1) is 0 Å². The van der Waals surface area contributed by atoms with Gasteiger partial charge in [0.2, 0.25) is 0 Å². The van der Waals surface area contributed by atoms with Crippen LogP contribution in [0.4, 0.5) is 0 Å². The first-order valence-electron chi connectivity index (χ1n) is 6.69. The van der Waals surface area contributed by atoms with Gasteiger partial charge >= 0.3 is 5.97 Å². The second-order valence-corrected chi connectivity index (χ2v) is 3.45. The molecule has 1 aliphatic rings. The lowest BCUT2D eigenvalue weighted by Gasteiger charge is -2.29. The molecule has 3 heteroatoms. The minimum absolute atomic E-state index is 0.0851. The fourth-order valence-electron chi connectivity index (χ4n) is 1.72. The fraction of sp³-hybridized carbons (Fsp3) is 0.923. The zero-order valence-corrected chi connectivity index (χ0v) is 11.6. The Kier molecular flexibility index (Phi) is 13.9. The molecule has 1 saturated heterocycles. The first-order chi connectivity index (χ1) is 7.74. The highest BCUT2D eigenvalue weighted by molar-refractivity contribution is 5.70. The Morgan fingerprint density at radius 1 is 1.19 bits per heavy atom. The lowest BCUT2D eigenvalue weighted by molar-refractivity contribution is -0.143. The van der Waals surface area contributed by atoms with E-state index in [4.69, 9.17) is 5.11 Å². The maximum absolute atomic E-state index is 10.6. The molecule has 1 fully saturated rings. The van der Waals surface area contributed by atoms with E-state index in [-0.39, 0.29) is 5.92 Å². The standard InChI is InChI=1S/C9H17NO2.2C2H6/c1-2-5-10-6-3-8(4-7-10)9(11)12;2*1-2/h8H,2-7H2,1H3,(H,11,12);2*1-2H3. The SMILES string of the molecule is CC.CC.CCCN1CCC(C(=O)O)CC1. The van der Waals surface area contributed by atoms with Crippen molar-refractivity contribution in [3.8, 4) is 0 Å². The Morgan fingerprint density at radius 3 is 1.94 bits per heavy atom. The molecule has 0 aromatic rings. The van der Waals surface area contributed by atoms with E-state index >= 15 is 0 Å². The predicted molar refractivity (Wildman–Crippen MR) is 69.8 cm³/mol. The summed E-state index contributed by atoms with van der Waals surface area (Å²) in [7, 11) is 0. The third-order valence-corrected chi connectivity index (χ3v) is 2.48. The van der Waals surface area contributed by atoms with E-state index in [2.05, 4.69) is 11.8 Å². The number of hydrogen-bond donors (Lipinski definition) is 1. The molecule has 0 aliphatic carbocycles. The molecule has 0 atom stereocenters. The molecule has 0 unspecified atom stereocenters. The van der Waals surface area contributed by atoms with Gasteiger partial charge in [-0.2, -0.15) is 0 Å². The highest BCUT2D eigenvalue weighted by Crippen LogP contribution is 2.16. The van der Waals surface area contributed by atoms with Gasteiger partial charge in [0.1, 0.15) is 0 Å². The summed E-state index contributed by atoms with van der Waals surface area (Å²) in [4.78, 5) is 12.9. The van der Waals surface area contributed by atoms with Crippen molar-refractivity contribution >= 4 is 5.97 Å². The monoisotopic (exact) mass is 231 g/mol. The molecular formula is C13H29NO2. The molecule has 1 aliphatic heterocycles. The van der Waals surface area contributed by atoms with E-state index in [0.29, 0.717) is 0 Å². The van der Waals surface area contributed by atoms with Crippen LogP contribution in [0.1, 0.15) is 53.9 Å². The largest absolute Gasteiger partial charge is 0.481 e. The van der Waals surface area contributed by atoms with Crippen LogP contribution in [0.2, 0.25) is 0 Å². The summed E-state index contributed by atoms with van der Waals surface area (Å²) < 4.78 is 0. The zero-order valence-electron chi connectivity index (χ0n) is 11.6. The number of carboxylic acids is 1. The Hall–Kier alpha value is -0.570. The lowest BCUT2D eigenvalue weighted by Crippen LogP contribution is -2.36. The van der Waals surface area contributed by atoms with Gasteiger partial charge in [-0.1, -0.05) is 34.6 Å². The molecule has 0 bridgehead atoms. The minimum Gasteiger partial charge on any atom is -0.481 e. The van der Waals surface area contributed by atoms with E-state index in [1.165, 1.54) is 0 Å². The average molecular weight is 231 g/mol. The second-order valence-electron chi connectivity index (χ2n) is 3.45. The van der Waals surface area contributed by atoms with Crippen molar-refractivity contribution in [2.45, 2.75) is 53.9 Å². The summed E-state index contributed by atoms with van der Waals surface area (Å²) in [5.74, 6) is -0.704. The number of hydrogen-bond acceptors (Lipinski definition) is 2. The van der Waals surface area contributed by atoms with Crippen LogP contribution in [-0.2, 0) is 4.79 Å². The summed E-state index contributed by atoms with van der Waals surface area (Å²) in [5, 5.41) is 8.74. The van der Waals surface area contributed by atoms with Gasteiger partial charge in [-0.25, -0.2) is 0 Å². The Balaban J connectivity index is 0.